The summed E-state index contributed by atoms with van der Waals surface area (Å²) in [7, 11) is 0. The molecule has 0 radical (unpaired) electrons. The molecule has 2 aromatic carbocycles. The van der Waals surface area contributed by atoms with Gasteiger partial charge in [0.25, 0.3) is 0 Å². The number of aryl methyl sites for hydroxylation is 1. The Morgan fingerprint density at radius 2 is 2.09 bits per heavy atom. The summed E-state index contributed by atoms with van der Waals surface area (Å²) in [6, 6.07) is 14.4. The average molecular weight is 359 g/mol. The molecule has 1 atom stereocenters. The van der Waals surface area contributed by atoms with Gasteiger partial charge in [0.1, 0.15) is 0 Å². The largest absolute Gasteiger partial charge is 0.375 e. The molecule has 0 saturated carbocycles. The number of hydrogen-bond acceptors (Lipinski definition) is 2. The third-order valence-corrected chi connectivity index (χ3v) is 4.69. The van der Waals surface area contributed by atoms with Crippen LogP contribution < -0.4 is 10.2 Å². The minimum Gasteiger partial charge on any atom is -0.375 e. The lowest BCUT2D eigenvalue weighted by atomic mass is 10.1. The van der Waals surface area contributed by atoms with E-state index in [1.54, 1.807) is 0 Å². The lowest BCUT2D eigenvalue weighted by Gasteiger charge is -2.23. The number of carbonyl (C=O) groups is 1. The minimum atomic E-state index is 0.102. The number of nitrogens with zero attached hydrogens (tertiary/aromatic N) is 1. The minimum absolute atomic E-state index is 0.102. The van der Waals surface area contributed by atoms with Crippen molar-refractivity contribution in [3.05, 3.63) is 58.1 Å². The summed E-state index contributed by atoms with van der Waals surface area (Å²) in [5.41, 5.74) is 4.43. The number of para-hydroxylation sites is 1. The van der Waals surface area contributed by atoms with Crippen molar-refractivity contribution in [2.75, 3.05) is 16.8 Å². The number of amides is 1. The van der Waals surface area contributed by atoms with Gasteiger partial charge in [-0.05, 0) is 65.5 Å². The van der Waals surface area contributed by atoms with E-state index in [9.17, 15) is 4.79 Å². The number of fused-ring (bicyclic) bond motifs is 1. The molecule has 0 saturated heterocycles. The van der Waals surface area contributed by atoms with Crippen LogP contribution in [-0.2, 0) is 11.2 Å². The SMILES string of the molecule is Cc1ccc(NCC(=O)N2c3ccccc3CC2C)c(Br)c1. The van der Waals surface area contributed by atoms with E-state index in [1.807, 2.05) is 48.2 Å². The van der Waals surface area contributed by atoms with Gasteiger partial charge in [-0.3, -0.25) is 4.79 Å². The maximum absolute atomic E-state index is 12.6. The van der Waals surface area contributed by atoms with Crippen molar-refractivity contribution < 1.29 is 4.79 Å². The van der Waals surface area contributed by atoms with Gasteiger partial charge in [0.2, 0.25) is 5.91 Å². The van der Waals surface area contributed by atoms with Crippen LogP contribution in [0.3, 0.4) is 0 Å². The molecular weight excluding hydrogens is 340 g/mol. The van der Waals surface area contributed by atoms with E-state index in [0.717, 1.165) is 22.3 Å². The molecule has 1 heterocycles. The molecule has 3 rings (SSSR count). The molecule has 1 N–H and O–H groups in total. The third-order valence-electron chi connectivity index (χ3n) is 4.03. The number of hydrogen-bond donors (Lipinski definition) is 1. The molecule has 0 fully saturated rings. The van der Waals surface area contributed by atoms with Crippen molar-refractivity contribution in [3.8, 4) is 0 Å². The first-order chi connectivity index (χ1) is 10.6. The Kier molecular flexibility index (Phi) is 4.21. The number of nitrogens with one attached hydrogen (secondary N) is 1. The summed E-state index contributed by atoms with van der Waals surface area (Å²) in [5, 5.41) is 3.23. The van der Waals surface area contributed by atoms with Gasteiger partial charge in [0.15, 0.2) is 0 Å². The summed E-state index contributed by atoms with van der Waals surface area (Å²) in [4.78, 5) is 14.5. The van der Waals surface area contributed by atoms with Crippen LogP contribution in [0.2, 0.25) is 0 Å². The molecule has 3 nitrogen and oxygen atoms in total. The van der Waals surface area contributed by atoms with E-state index in [0.29, 0.717) is 6.54 Å². The Morgan fingerprint density at radius 1 is 1.32 bits per heavy atom. The van der Waals surface area contributed by atoms with Crippen LogP contribution in [-0.4, -0.2) is 18.5 Å². The van der Waals surface area contributed by atoms with Gasteiger partial charge in [-0.2, -0.15) is 0 Å². The van der Waals surface area contributed by atoms with Crippen LogP contribution in [0.25, 0.3) is 0 Å². The molecule has 1 aliphatic heterocycles. The molecular formula is C18H19BrN2O. The zero-order valence-electron chi connectivity index (χ0n) is 12.8. The first-order valence-corrected chi connectivity index (χ1v) is 8.25. The molecule has 1 amide bonds. The monoisotopic (exact) mass is 358 g/mol. The summed E-state index contributed by atoms with van der Waals surface area (Å²) in [6.07, 6.45) is 0.927. The molecule has 0 bridgehead atoms. The standard InChI is InChI=1S/C18H19BrN2O/c1-12-7-8-16(15(19)9-12)20-11-18(22)21-13(2)10-14-5-3-4-6-17(14)21/h3-9,13,20H,10-11H2,1-2H3. The van der Waals surface area contributed by atoms with Crippen LogP contribution >= 0.6 is 15.9 Å². The van der Waals surface area contributed by atoms with Gasteiger partial charge in [0, 0.05) is 21.9 Å². The number of rotatable bonds is 3. The first-order valence-electron chi connectivity index (χ1n) is 7.46. The molecule has 2 aromatic rings. The summed E-state index contributed by atoms with van der Waals surface area (Å²) >= 11 is 3.53. The Balaban J connectivity index is 1.72. The topological polar surface area (TPSA) is 32.3 Å². The number of halogens is 1. The van der Waals surface area contributed by atoms with Gasteiger partial charge in [-0.1, -0.05) is 24.3 Å². The van der Waals surface area contributed by atoms with Gasteiger partial charge >= 0.3 is 0 Å². The highest BCUT2D eigenvalue weighted by molar-refractivity contribution is 9.10. The molecule has 1 aliphatic rings. The van der Waals surface area contributed by atoms with Crippen LogP contribution in [0.1, 0.15) is 18.1 Å². The molecule has 1 unspecified atom stereocenters. The second-order valence-electron chi connectivity index (χ2n) is 5.78. The fraction of sp³-hybridized carbons (Fsp3) is 0.278. The lowest BCUT2D eigenvalue weighted by Crippen LogP contribution is -2.39. The van der Waals surface area contributed by atoms with E-state index in [4.69, 9.17) is 0 Å². The van der Waals surface area contributed by atoms with E-state index in [-0.39, 0.29) is 11.9 Å². The van der Waals surface area contributed by atoms with Crippen LogP contribution in [0, 0.1) is 6.92 Å². The smallest absolute Gasteiger partial charge is 0.246 e. The maximum atomic E-state index is 12.6. The zero-order chi connectivity index (χ0) is 15.7. The molecule has 0 aromatic heterocycles. The maximum Gasteiger partial charge on any atom is 0.246 e. The van der Waals surface area contributed by atoms with Crippen molar-refractivity contribution in [1.82, 2.24) is 0 Å². The predicted octanol–water partition coefficient (Wildman–Crippen LogP) is 4.15. The number of anilines is 2. The van der Waals surface area contributed by atoms with Gasteiger partial charge < -0.3 is 10.2 Å². The second-order valence-corrected chi connectivity index (χ2v) is 6.64. The van der Waals surface area contributed by atoms with E-state index >= 15 is 0 Å². The molecule has 0 spiro atoms. The Bertz CT molecular complexity index is 714. The van der Waals surface area contributed by atoms with Crippen molar-refractivity contribution in [1.29, 1.82) is 0 Å². The molecule has 22 heavy (non-hydrogen) atoms. The molecule has 4 heteroatoms. The van der Waals surface area contributed by atoms with E-state index in [1.165, 1.54) is 11.1 Å². The fourth-order valence-electron chi connectivity index (χ4n) is 2.97. The van der Waals surface area contributed by atoms with E-state index < -0.39 is 0 Å². The van der Waals surface area contributed by atoms with Crippen molar-refractivity contribution >= 4 is 33.2 Å². The summed E-state index contributed by atoms with van der Waals surface area (Å²) < 4.78 is 0.982. The third kappa shape index (κ3) is 2.88. The summed E-state index contributed by atoms with van der Waals surface area (Å²) in [5.74, 6) is 0.102. The van der Waals surface area contributed by atoms with Crippen molar-refractivity contribution in [2.45, 2.75) is 26.3 Å². The molecule has 0 aliphatic carbocycles. The highest BCUT2D eigenvalue weighted by Crippen LogP contribution is 2.32. The summed E-state index contributed by atoms with van der Waals surface area (Å²) in [6.45, 7) is 4.43. The first kappa shape index (κ1) is 15.1. The Hall–Kier alpha value is -1.81. The number of benzene rings is 2. The van der Waals surface area contributed by atoms with Crippen LogP contribution in [0.15, 0.2) is 46.9 Å². The van der Waals surface area contributed by atoms with Gasteiger partial charge in [-0.15, -0.1) is 0 Å². The Morgan fingerprint density at radius 3 is 2.86 bits per heavy atom. The molecule has 114 valence electrons. The van der Waals surface area contributed by atoms with Crippen LogP contribution in [0.5, 0.6) is 0 Å². The Labute approximate surface area is 139 Å². The second kappa shape index (κ2) is 6.13. The lowest BCUT2D eigenvalue weighted by molar-refractivity contribution is -0.117. The normalized spacial score (nSPS) is 16.5. The van der Waals surface area contributed by atoms with Gasteiger partial charge in [-0.25, -0.2) is 0 Å². The predicted molar refractivity (Wildman–Crippen MR) is 94.5 cm³/mol. The van der Waals surface area contributed by atoms with Crippen LogP contribution in [0.4, 0.5) is 11.4 Å². The highest BCUT2D eigenvalue weighted by atomic mass is 79.9. The number of carbonyl (C=O) groups excluding carboxylic acids is 1. The van der Waals surface area contributed by atoms with Crippen molar-refractivity contribution in [2.24, 2.45) is 0 Å². The fourth-order valence-corrected chi connectivity index (χ4v) is 3.60. The van der Waals surface area contributed by atoms with Gasteiger partial charge in [0.05, 0.1) is 6.54 Å². The van der Waals surface area contributed by atoms with E-state index in [2.05, 4.69) is 34.2 Å². The average Bonchev–Trinajstić information content (AvgIpc) is 2.82. The quantitative estimate of drug-likeness (QED) is 0.893. The highest BCUT2D eigenvalue weighted by Gasteiger charge is 2.30. The van der Waals surface area contributed by atoms with Crippen molar-refractivity contribution in [3.63, 3.8) is 0 Å². The zero-order valence-corrected chi connectivity index (χ0v) is 14.4.